The molecule has 1 aromatic heterocycles. The van der Waals surface area contributed by atoms with Crippen molar-refractivity contribution in [1.29, 1.82) is 0 Å². The summed E-state index contributed by atoms with van der Waals surface area (Å²) in [6.45, 7) is 5.00. The molecule has 0 aliphatic heterocycles. The molecule has 1 heterocycles. The number of benzene rings is 1. The highest BCUT2D eigenvalue weighted by Gasteiger charge is 2.15. The van der Waals surface area contributed by atoms with E-state index in [9.17, 15) is 4.39 Å². The molecule has 1 aromatic carbocycles. The van der Waals surface area contributed by atoms with Crippen LogP contribution in [0.4, 0.5) is 4.39 Å². The molecule has 0 radical (unpaired) electrons. The number of nitrogens with one attached hydrogen (secondary N) is 1. The van der Waals surface area contributed by atoms with Crippen molar-refractivity contribution in [3.8, 4) is 0 Å². The first-order valence-corrected chi connectivity index (χ1v) is 7.29. The van der Waals surface area contributed by atoms with Crippen LogP contribution in [0.15, 0.2) is 23.6 Å². The van der Waals surface area contributed by atoms with Gasteiger partial charge in [-0.2, -0.15) is 0 Å². The van der Waals surface area contributed by atoms with Crippen molar-refractivity contribution < 1.29 is 4.39 Å². The first-order valence-electron chi connectivity index (χ1n) is 6.46. The quantitative estimate of drug-likeness (QED) is 0.882. The van der Waals surface area contributed by atoms with Crippen molar-refractivity contribution in [2.45, 2.75) is 32.7 Å². The number of rotatable bonds is 6. The molecular weight excluding hydrogens is 261 g/mol. The van der Waals surface area contributed by atoms with Gasteiger partial charge < -0.3 is 5.32 Å². The summed E-state index contributed by atoms with van der Waals surface area (Å²) in [5, 5.41) is 9.58. The largest absolute Gasteiger partial charge is 0.308 e. The van der Waals surface area contributed by atoms with Crippen LogP contribution in [0.2, 0.25) is 0 Å². The Hall–Kier alpha value is -1.33. The van der Waals surface area contributed by atoms with Gasteiger partial charge in [-0.25, -0.2) is 4.39 Å². The summed E-state index contributed by atoms with van der Waals surface area (Å²) in [6, 6.07) is 5.08. The fraction of sp³-hybridized carbons (Fsp3) is 0.429. The molecule has 102 valence electrons. The first kappa shape index (κ1) is 14.1. The van der Waals surface area contributed by atoms with Gasteiger partial charge in [0.15, 0.2) is 0 Å². The van der Waals surface area contributed by atoms with Crippen LogP contribution in [0.5, 0.6) is 0 Å². The number of aromatic nitrogens is 2. The molecule has 0 fully saturated rings. The highest BCUT2D eigenvalue weighted by Crippen LogP contribution is 2.20. The van der Waals surface area contributed by atoms with Crippen LogP contribution in [0.1, 0.15) is 36.2 Å². The molecule has 5 heteroatoms. The molecule has 2 rings (SSSR count). The third-order valence-corrected chi connectivity index (χ3v) is 3.63. The molecular formula is C14H18FN3S. The Morgan fingerprint density at radius 3 is 2.89 bits per heavy atom. The Morgan fingerprint density at radius 1 is 1.42 bits per heavy atom. The average molecular weight is 279 g/mol. The van der Waals surface area contributed by atoms with Crippen LogP contribution in [0.25, 0.3) is 0 Å². The highest BCUT2D eigenvalue weighted by molar-refractivity contribution is 7.03. The van der Waals surface area contributed by atoms with Gasteiger partial charge in [-0.3, -0.25) is 0 Å². The van der Waals surface area contributed by atoms with E-state index in [4.69, 9.17) is 0 Å². The SMILES string of the molecule is CCCNC(Cc1ccc(F)cc1C)c1csnn1. The van der Waals surface area contributed by atoms with Crippen molar-refractivity contribution in [3.63, 3.8) is 0 Å². The standard InChI is InChI=1S/C14H18FN3S/c1-3-6-16-13(14-9-19-18-17-14)8-11-4-5-12(15)7-10(11)2/h4-5,7,9,13,16H,3,6,8H2,1-2H3. The Kier molecular flexibility index (Phi) is 4.99. The molecule has 1 atom stereocenters. The van der Waals surface area contributed by atoms with E-state index in [-0.39, 0.29) is 11.9 Å². The number of hydrogen-bond donors (Lipinski definition) is 1. The molecule has 1 N–H and O–H groups in total. The zero-order valence-electron chi connectivity index (χ0n) is 11.2. The van der Waals surface area contributed by atoms with E-state index in [1.165, 1.54) is 17.6 Å². The Balaban J connectivity index is 2.15. The van der Waals surface area contributed by atoms with Crippen LogP contribution in [0.3, 0.4) is 0 Å². The molecule has 0 spiro atoms. The minimum absolute atomic E-state index is 0.142. The van der Waals surface area contributed by atoms with Gasteiger partial charge >= 0.3 is 0 Å². The molecule has 1 unspecified atom stereocenters. The van der Waals surface area contributed by atoms with Gasteiger partial charge in [0.05, 0.1) is 11.7 Å². The predicted molar refractivity (Wildman–Crippen MR) is 75.8 cm³/mol. The summed E-state index contributed by atoms with van der Waals surface area (Å²) >= 11 is 1.36. The Bertz CT molecular complexity index is 513. The second-order valence-corrected chi connectivity index (χ2v) is 5.22. The normalized spacial score (nSPS) is 12.6. The fourth-order valence-electron chi connectivity index (χ4n) is 2.03. The van der Waals surface area contributed by atoms with Gasteiger partial charge in [-0.05, 0) is 61.1 Å². The van der Waals surface area contributed by atoms with Gasteiger partial charge in [0, 0.05) is 5.38 Å². The highest BCUT2D eigenvalue weighted by atomic mass is 32.1. The lowest BCUT2D eigenvalue weighted by Crippen LogP contribution is -2.24. The van der Waals surface area contributed by atoms with Gasteiger partial charge in [-0.1, -0.05) is 17.5 Å². The minimum atomic E-state index is -0.186. The summed E-state index contributed by atoms with van der Waals surface area (Å²) in [5.74, 6) is -0.186. The molecule has 0 saturated heterocycles. The number of aryl methyl sites for hydroxylation is 1. The first-order chi connectivity index (χ1) is 9.20. The Morgan fingerprint density at radius 2 is 2.26 bits per heavy atom. The molecule has 19 heavy (non-hydrogen) atoms. The van der Waals surface area contributed by atoms with Crippen molar-refractivity contribution in [1.82, 2.24) is 14.9 Å². The third kappa shape index (κ3) is 3.81. The van der Waals surface area contributed by atoms with Crippen molar-refractivity contribution in [2.75, 3.05) is 6.54 Å². The fourth-order valence-corrected chi connectivity index (χ4v) is 2.54. The lowest BCUT2D eigenvalue weighted by atomic mass is 9.99. The maximum absolute atomic E-state index is 13.1. The smallest absolute Gasteiger partial charge is 0.123 e. The number of halogens is 1. The predicted octanol–water partition coefficient (Wildman–Crippen LogP) is 3.27. The van der Waals surface area contributed by atoms with E-state index in [0.29, 0.717) is 0 Å². The van der Waals surface area contributed by atoms with Crippen LogP contribution in [0, 0.1) is 12.7 Å². The molecule has 2 aromatic rings. The average Bonchev–Trinajstić information content (AvgIpc) is 2.90. The van der Waals surface area contributed by atoms with E-state index in [0.717, 1.165) is 36.2 Å². The van der Waals surface area contributed by atoms with Crippen LogP contribution in [-0.2, 0) is 6.42 Å². The topological polar surface area (TPSA) is 37.8 Å². The second kappa shape index (κ2) is 6.73. The van der Waals surface area contributed by atoms with Crippen molar-refractivity contribution >= 4 is 11.5 Å². The van der Waals surface area contributed by atoms with E-state index >= 15 is 0 Å². The summed E-state index contributed by atoms with van der Waals surface area (Å²) in [7, 11) is 0. The second-order valence-electron chi connectivity index (χ2n) is 4.61. The van der Waals surface area contributed by atoms with Crippen molar-refractivity contribution in [2.24, 2.45) is 0 Å². The third-order valence-electron chi connectivity index (χ3n) is 3.10. The minimum Gasteiger partial charge on any atom is -0.308 e. The summed E-state index contributed by atoms with van der Waals surface area (Å²) in [5.41, 5.74) is 3.08. The molecule has 0 aliphatic carbocycles. The summed E-state index contributed by atoms with van der Waals surface area (Å²) < 4.78 is 17.0. The van der Waals surface area contributed by atoms with E-state index in [2.05, 4.69) is 21.8 Å². The lowest BCUT2D eigenvalue weighted by Gasteiger charge is -2.17. The Labute approximate surface area is 117 Å². The van der Waals surface area contributed by atoms with E-state index in [1.54, 1.807) is 6.07 Å². The molecule has 0 aliphatic rings. The summed E-state index contributed by atoms with van der Waals surface area (Å²) in [4.78, 5) is 0. The number of nitrogens with zero attached hydrogens (tertiary/aromatic N) is 2. The molecule has 0 saturated carbocycles. The van der Waals surface area contributed by atoms with Crippen LogP contribution in [-0.4, -0.2) is 16.1 Å². The van der Waals surface area contributed by atoms with Crippen LogP contribution >= 0.6 is 11.5 Å². The van der Waals surface area contributed by atoms with E-state index < -0.39 is 0 Å². The van der Waals surface area contributed by atoms with Gasteiger partial charge in [-0.15, -0.1) is 5.10 Å². The maximum Gasteiger partial charge on any atom is 0.123 e. The molecule has 0 bridgehead atoms. The van der Waals surface area contributed by atoms with Crippen LogP contribution < -0.4 is 5.32 Å². The number of hydrogen-bond acceptors (Lipinski definition) is 4. The van der Waals surface area contributed by atoms with E-state index in [1.807, 2.05) is 18.4 Å². The lowest BCUT2D eigenvalue weighted by molar-refractivity contribution is 0.515. The monoisotopic (exact) mass is 279 g/mol. The maximum atomic E-state index is 13.1. The molecule has 0 amide bonds. The van der Waals surface area contributed by atoms with Gasteiger partial charge in [0.25, 0.3) is 0 Å². The van der Waals surface area contributed by atoms with Crippen molar-refractivity contribution in [3.05, 3.63) is 46.2 Å². The van der Waals surface area contributed by atoms with Gasteiger partial charge in [0.2, 0.25) is 0 Å². The molecule has 3 nitrogen and oxygen atoms in total. The zero-order valence-corrected chi connectivity index (χ0v) is 12.0. The summed E-state index contributed by atoms with van der Waals surface area (Å²) in [6.07, 6.45) is 1.87. The zero-order chi connectivity index (χ0) is 13.7. The van der Waals surface area contributed by atoms with Gasteiger partial charge in [0.1, 0.15) is 5.82 Å².